The number of aryl methyl sites for hydroxylation is 2. The second-order valence-corrected chi connectivity index (χ2v) is 4.25. The molecule has 3 heterocycles. The van der Waals surface area contributed by atoms with Gasteiger partial charge in [-0.05, 0) is 13.0 Å². The van der Waals surface area contributed by atoms with Gasteiger partial charge in [-0.2, -0.15) is 5.10 Å². The minimum atomic E-state index is -2.61. The fraction of sp³-hybridized carbons (Fsp3) is 0.250. The summed E-state index contributed by atoms with van der Waals surface area (Å²) in [7, 11) is 1.74. The molecule has 0 atom stereocenters. The molecule has 98 valence electrons. The molecule has 3 aromatic heterocycles. The summed E-state index contributed by atoms with van der Waals surface area (Å²) in [5, 5.41) is 7.96. The summed E-state index contributed by atoms with van der Waals surface area (Å²) in [6.07, 6.45) is 0.651. The Kier molecular flexibility index (Phi) is 2.55. The van der Waals surface area contributed by atoms with E-state index in [2.05, 4.69) is 15.2 Å². The molecule has 0 N–H and O–H groups in total. The molecule has 0 saturated carbocycles. The zero-order valence-electron chi connectivity index (χ0n) is 10.3. The van der Waals surface area contributed by atoms with Crippen molar-refractivity contribution in [3.05, 3.63) is 29.7 Å². The first kappa shape index (κ1) is 11.8. The van der Waals surface area contributed by atoms with E-state index in [4.69, 9.17) is 4.52 Å². The van der Waals surface area contributed by atoms with E-state index in [9.17, 15) is 8.78 Å². The van der Waals surface area contributed by atoms with Crippen LogP contribution in [0.3, 0.4) is 0 Å². The molecule has 0 spiro atoms. The molecule has 0 aromatic carbocycles. The van der Waals surface area contributed by atoms with Crippen molar-refractivity contribution in [2.45, 2.75) is 13.3 Å². The molecule has 0 aliphatic rings. The lowest BCUT2D eigenvalue weighted by Gasteiger charge is -2.04. The molecule has 0 radical (unpaired) electrons. The third kappa shape index (κ3) is 1.87. The first-order valence-corrected chi connectivity index (χ1v) is 5.60. The zero-order valence-corrected chi connectivity index (χ0v) is 10.3. The zero-order chi connectivity index (χ0) is 13.6. The van der Waals surface area contributed by atoms with Gasteiger partial charge in [0.1, 0.15) is 0 Å². The van der Waals surface area contributed by atoms with Crippen molar-refractivity contribution < 1.29 is 13.3 Å². The Balaban J connectivity index is 2.28. The number of halogens is 2. The van der Waals surface area contributed by atoms with E-state index in [0.29, 0.717) is 17.0 Å². The molecule has 0 amide bonds. The summed E-state index contributed by atoms with van der Waals surface area (Å²) in [4.78, 5) is 4.21. The Labute approximate surface area is 106 Å². The summed E-state index contributed by atoms with van der Waals surface area (Å²) in [5.74, 6) is 0. The third-order valence-corrected chi connectivity index (χ3v) is 2.88. The Morgan fingerprint density at radius 3 is 2.79 bits per heavy atom. The first-order chi connectivity index (χ1) is 9.06. The van der Waals surface area contributed by atoms with E-state index in [0.717, 1.165) is 0 Å². The smallest absolute Gasteiger partial charge is 0.264 e. The summed E-state index contributed by atoms with van der Waals surface area (Å²) in [5.41, 5.74) is 1.46. The fourth-order valence-electron chi connectivity index (χ4n) is 2.00. The Morgan fingerprint density at radius 1 is 1.37 bits per heavy atom. The van der Waals surface area contributed by atoms with Crippen molar-refractivity contribution >= 4 is 11.1 Å². The molecular weight excluding hydrogens is 254 g/mol. The van der Waals surface area contributed by atoms with Crippen LogP contribution in [0.4, 0.5) is 8.78 Å². The van der Waals surface area contributed by atoms with Gasteiger partial charge < -0.3 is 4.52 Å². The number of nitrogens with zero attached hydrogens (tertiary/aromatic N) is 4. The van der Waals surface area contributed by atoms with E-state index in [1.165, 1.54) is 6.07 Å². The van der Waals surface area contributed by atoms with Crippen molar-refractivity contribution in [1.82, 2.24) is 19.9 Å². The van der Waals surface area contributed by atoms with Crippen LogP contribution < -0.4 is 0 Å². The topological polar surface area (TPSA) is 56.7 Å². The fourth-order valence-corrected chi connectivity index (χ4v) is 2.00. The predicted molar refractivity (Wildman–Crippen MR) is 63.7 cm³/mol. The molecular formula is C12H10F2N4O. The molecule has 0 aliphatic heterocycles. The predicted octanol–water partition coefficient (Wildman–Crippen LogP) is 2.87. The second kappa shape index (κ2) is 4.11. The molecule has 19 heavy (non-hydrogen) atoms. The number of pyridine rings is 1. The average Bonchev–Trinajstić information content (AvgIpc) is 2.95. The molecule has 7 heteroatoms. The van der Waals surface area contributed by atoms with E-state index in [1.54, 1.807) is 31.0 Å². The number of hydrogen-bond donors (Lipinski definition) is 0. The number of aromatic nitrogens is 4. The van der Waals surface area contributed by atoms with E-state index in [-0.39, 0.29) is 16.7 Å². The van der Waals surface area contributed by atoms with Crippen molar-refractivity contribution in [1.29, 1.82) is 0 Å². The molecule has 3 rings (SSSR count). The van der Waals surface area contributed by atoms with Crippen LogP contribution in [-0.2, 0) is 7.05 Å². The van der Waals surface area contributed by atoms with Crippen LogP contribution in [0.1, 0.15) is 17.7 Å². The van der Waals surface area contributed by atoms with Crippen LogP contribution in [0.15, 0.2) is 23.0 Å². The number of rotatable bonds is 2. The van der Waals surface area contributed by atoms with Crippen LogP contribution >= 0.6 is 0 Å². The van der Waals surface area contributed by atoms with Crippen LogP contribution in [0, 0.1) is 6.92 Å². The quantitative estimate of drug-likeness (QED) is 0.714. The molecule has 0 bridgehead atoms. The van der Waals surface area contributed by atoms with Crippen LogP contribution in [-0.4, -0.2) is 19.9 Å². The van der Waals surface area contributed by atoms with Crippen molar-refractivity contribution in [2.24, 2.45) is 7.05 Å². The van der Waals surface area contributed by atoms with Gasteiger partial charge in [-0.25, -0.2) is 13.8 Å². The monoisotopic (exact) mass is 264 g/mol. The maximum atomic E-state index is 13.1. The van der Waals surface area contributed by atoms with Gasteiger partial charge in [0, 0.05) is 24.4 Å². The minimum absolute atomic E-state index is 0.120. The molecule has 0 unspecified atom stereocenters. The summed E-state index contributed by atoms with van der Waals surface area (Å²) in [6.45, 7) is 1.61. The lowest BCUT2D eigenvalue weighted by Crippen LogP contribution is -1.92. The van der Waals surface area contributed by atoms with Crippen LogP contribution in [0.2, 0.25) is 0 Å². The Morgan fingerprint density at radius 2 is 2.16 bits per heavy atom. The first-order valence-electron chi connectivity index (χ1n) is 5.60. The lowest BCUT2D eigenvalue weighted by atomic mass is 10.1. The lowest BCUT2D eigenvalue weighted by molar-refractivity contribution is 0.153. The van der Waals surface area contributed by atoms with E-state index >= 15 is 0 Å². The average molecular weight is 264 g/mol. The van der Waals surface area contributed by atoms with Gasteiger partial charge >= 0.3 is 0 Å². The summed E-state index contributed by atoms with van der Waals surface area (Å²) in [6, 6.07) is 1.36. The Bertz CT molecular complexity index is 747. The molecule has 0 fully saturated rings. The van der Waals surface area contributed by atoms with Gasteiger partial charge in [-0.1, -0.05) is 5.16 Å². The normalized spacial score (nSPS) is 11.6. The molecule has 3 aromatic rings. The van der Waals surface area contributed by atoms with Gasteiger partial charge in [0.2, 0.25) is 0 Å². The number of fused-ring (bicyclic) bond motifs is 1. The summed E-state index contributed by atoms with van der Waals surface area (Å²) >= 11 is 0. The minimum Gasteiger partial charge on any atom is -0.336 e. The Hall–Kier alpha value is -2.31. The number of hydrogen-bond acceptors (Lipinski definition) is 4. The maximum Gasteiger partial charge on any atom is 0.264 e. The van der Waals surface area contributed by atoms with Crippen molar-refractivity contribution in [3.63, 3.8) is 0 Å². The van der Waals surface area contributed by atoms with Gasteiger partial charge in [-0.3, -0.25) is 4.68 Å². The largest absolute Gasteiger partial charge is 0.336 e. The van der Waals surface area contributed by atoms with Gasteiger partial charge in [0.25, 0.3) is 12.1 Å². The standard InChI is InChI=1S/C12H10F2N4O/c1-6-10-8(11(13)14)3-9(16-12(10)19-17-6)7-4-15-18(2)5-7/h3-5,11H,1-2H3. The van der Waals surface area contributed by atoms with E-state index < -0.39 is 6.43 Å². The van der Waals surface area contributed by atoms with Crippen LogP contribution in [0.25, 0.3) is 22.4 Å². The molecule has 0 saturated heterocycles. The second-order valence-electron chi connectivity index (χ2n) is 4.25. The van der Waals surface area contributed by atoms with Crippen LogP contribution in [0.5, 0.6) is 0 Å². The third-order valence-electron chi connectivity index (χ3n) is 2.88. The maximum absolute atomic E-state index is 13.1. The summed E-state index contributed by atoms with van der Waals surface area (Å²) < 4.78 is 32.8. The van der Waals surface area contributed by atoms with Gasteiger partial charge in [-0.15, -0.1) is 0 Å². The number of alkyl halides is 2. The SMILES string of the molecule is Cc1noc2nc(-c3cnn(C)c3)cc(C(F)F)c12. The van der Waals surface area contributed by atoms with Crippen molar-refractivity contribution in [3.8, 4) is 11.3 Å². The van der Waals surface area contributed by atoms with Gasteiger partial charge in [0.15, 0.2) is 0 Å². The highest BCUT2D eigenvalue weighted by atomic mass is 19.3. The van der Waals surface area contributed by atoms with E-state index in [1.807, 2.05) is 0 Å². The molecule has 5 nitrogen and oxygen atoms in total. The molecule has 0 aliphatic carbocycles. The van der Waals surface area contributed by atoms with Gasteiger partial charge in [0.05, 0.1) is 23.0 Å². The highest BCUT2D eigenvalue weighted by molar-refractivity contribution is 5.83. The highest BCUT2D eigenvalue weighted by Gasteiger charge is 2.20. The van der Waals surface area contributed by atoms with Crippen molar-refractivity contribution in [2.75, 3.05) is 0 Å². The highest BCUT2D eigenvalue weighted by Crippen LogP contribution is 2.32.